The summed E-state index contributed by atoms with van der Waals surface area (Å²) < 4.78 is 4.89. The molecule has 1 rings (SSSR count). The number of carboxylic acid groups (broad SMARTS) is 1. The number of nitriles is 1. The fourth-order valence-corrected chi connectivity index (χ4v) is 1.32. The average Bonchev–Trinajstić information content (AvgIpc) is 2.27. The highest BCUT2D eigenvalue weighted by atomic mass is 16.5. The third-order valence-corrected chi connectivity index (χ3v) is 2.11. The van der Waals surface area contributed by atoms with Gasteiger partial charge >= 0.3 is 5.97 Å². The molecule has 0 saturated heterocycles. The van der Waals surface area contributed by atoms with Crippen LogP contribution in [-0.2, 0) is 11.2 Å². The number of ether oxygens (including phenoxy) is 1. The molecule has 84 valence electrons. The smallest absolute Gasteiger partial charge is 0.303 e. The van der Waals surface area contributed by atoms with Crippen LogP contribution in [0, 0.1) is 11.3 Å². The Morgan fingerprint density at radius 3 is 2.75 bits per heavy atom. The van der Waals surface area contributed by atoms with Crippen molar-refractivity contribution < 1.29 is 19.7 Å². The van der Waals surface area contributed by atoms with Crippen molar-refractivity contribution in [2.24, 2.45) is 0 Å². The van der Waals surface area contributed by atoms with Crippen molar-refractivity contribution in [2.75, 3.05) is 7.11 Å². The van der Waals surface area contributed by atoms with E-state index in [1.165, 1.54) is 19.2 Å². The summed E-state index contributed by atoms with van der Waals surface area (Å²) in [5, 5.41) is 27.0. The average molecular weight is 221 g/mol. The van der Waals surface area contributed by atoms with Gasteiger partial charge in [-0.2, -0.15) is 5.26 Å². The standard InChI is InChI=1S/C11H11NO4/c1-16-9-5-7(6-12)4-8(11(9)15)2-3-10(13)14/h4-5,15H,2-3H2,1H3,(H,13,14). The molecule has 5 heteroatoms. The minimum Gasteiger partial charge on any atom is -0.504 e. The zero-order valence-electron chi connectivity index (χ0n) is 8.73. The molecule has 0 bridgehead atoms. The van der Waals surface area contributed by atoms with E-state index in [4.69, 9.17) is 15.1 Å². The number of methoxy groups -OCH3 is 1. The normalized spacial score (nSPS) is 9.50. The van der Waals surface area contributed by atoms with E-state index in [2.05, 4.69) is 0 Å². The number of phenols is 1. The van der Waals surface area contributed by atoms with Crippen LogP contribution in [0.2, 0.25) is 0 Å². The minimum absolute atomic E-state index is 0.106. The van der Waals surface area contributed by atoms with Crippen molar-refractivity contribution in [2.45, 2.75) is 12.8 Å². The Balaban J connectivity index is 3.07. The molecule has 1 aromatic rings. The molecule has 0 aliphatic carbocycles. The van der Waals surface area contributed by atoms with Gasteiger partial charge in [0.05, 0.1) is 18.7 Å². The van der Waals surface area contributed by atoms with Crippen LogP contribution in [-0.4, -0.2) is 23.3 Å². The third-order valence-electron chi connectivity index (χ3n) is 2.11. The molecule has 0 amide bonds. The molecule has 5 nitrogen and oxygen atoms in total. The number of nitrogens with zero attached hydrogens (tertiary/aromatic N) is 1. The minimum atomic E-state index is -0.958. The second-order valence-electron chi connectivity index (χ2n) is 3.19. The highest BCUT2D eigenvalue weighted by molar-refractivity contribution is 5.67. The number of aliphatic carboxylic acids is 1. The van der Waals surface area contributed by atoms with Crippen molar-refractivity contribution in [3.05, 3.63) is 23.3 Å². The van der Waals surface area contributed by atoms with E-state index in [1.807, 2.05) is 6.07 Å². The van der Waals surface area contributed by atoms with Crippen LogP contribution in [0.1, 0.15) is 17.5 Å². The molecule has 2 N–H and O–H groups in total. The van der Waals surface area contributed by atoms with Crippen LogP contribution in [0.5, 0.6) is 11.5 Å². The first-order valence-electron chi connectivity index (χ1n) is 4.60. The third kappa shape index (κ3) is 2.64. The molecule has 0 unspecified atom stereocenters. The van der Waals surface area contributed by atoms with E-state index in [1.54, 1.807) is 0 Å². The first-order valence-corrected chi connectivity index (χ1v) is 4.60. The van der Waals surface area contributed by atoms with Gasteiger partial charge in [-0.05, 0) is 18.1 Å². The number of aromatic hydroxyl groups is 1. The maximum absolute atomic E-state index is 10.4. The van der Waals surface area contributed by atoms with Crippen LogP contribution in [0.15, 0.2) is 12.1 Å². The second-order valence-corrected chi connectivity index (χ2v) is 3.19. The van der Waals surface area contributed by atoms with E-state index < -0.39 is 5.97 Å². The lowest BCUT2D eigenvalue weighted by Crippen LogP contribution is -1.99. The van der Waals surface area contributed by atoms with Crippen molar-refractivity contribution in [1.29, 1.82) is 5.26 Å². The number of carbonyl (C=O) groups is 1. The lowest BCUT2D eigenvalue weighted by Gasteiger charge is -2.08. The molecular weight excluding hydrogens is 210 g/mol. The molecule has 0 fully saturated rings. The van der Waals surface area contributed by atoms with Gasteiger partial charge in [-0.1, -0.05) is 0 Å². The predicted molar refractivity (Wildman–Crippen MR) is 55.3 cm³/mol. The van der Waals surface area contributed by atoms with E-state index >= 15 is 0 Å². The van der Waals surface area contributed by atoms with Gasteiger partial charge < -0.3 is 14.9 Å². The summed E-state index contributed by atoms with van der Waals surface area (Å²) in [7, 11) is 1.37. The highest BCUT2D eigenvalue weighted by Gasteiger charge is 2.11. The molecule has 0 aromatic heterocycles. The van der Waals surface area contributed by atoms with Gasteiger partial charge in [0.2, 0.25) is 0 Å². The maximum atomic E-state index is 10.4. The molecule has 0 radical (unpaired) electrons. The first-order chi connectivity index (χ1) is 7.58. The summed E-state index contributed by atoms with van der Waals surface area (Å²) in [4.78, 5) is 10.4. The van der Waals surface area contributed by atoms with Crippen LogP contribution in [0.4, 0.5) is 0 Å². The maximum Gasteiger partial charge on any atom is 0.303 e. The number of benzene rings is 1. The summed E-state index contributed by atoms with van der Waals surface area (Å²) in [5.41, 5.74) is 0.730. The Labute approximate surface area is 92.5 Å². The van der Waals surface area contributed by atoms with Crippen LogP contribution in [0.25, 0.3) is 0 Å². The topological polar surface area (TPSA) is 90.5 Å². The van der Waals surface area contributed by atoms with Gasteiger partial charge in [0.15, 0.2) is 11.5 Å². The molecule has 1 aromatic carbocycles. The molecular formula is C11H11NO4. The predicted octanol–water partition coefficient (Wildman–Crippen LogP) is 1.29. The van der Waals surface area contributed by atoms with E-state index in [0.29, 0.717) is 11.1 Å². The van der Waals surface area contributed by atoms with Gasteiger partial charge in [0.25, 0.3) is 0 Å². The molecule has 0 atom stereocenters. The van der Waals surface area contributed by atoms with Crippen molar-refractivity contribution >= 4 is 5.97 Å². The Kier molecular flexibility index (Phi) is 3.72. The van der Waals surface area contributed by atoms with E-state index in [0.717, 1.165) is 0 Å². The number of hydrogen-bond donors (Lipinski definition) is 2. The van der Waals surface area contributed by atoms with Crippen molar-refractivity contribution in [1.82, 2.24) is 0 Å². The quantitative estimate of drug-likeness (QED) is 0.799. The first kappa shape index (κ1) is 11.9. The fourth-order valence-electron chi connectivity index (χ4n) is 1.32. The van der Waals surface area contributed by atoms with E-state index in [-0.39, 0.29) is 24.3 Å². The molecule has 0 saturated carbocycles. The number of hydrogen-bond acceptors (Lipinski definition) is 4. The zero-order valence-corrected chi connectivity index (χ0v) is 8.73. The molecule has 16 heavy (non-hydrogen) atoms. The van der Waals surface area contributed by atoms with Gasteiger partial charge in [-0.3, -0.25) is 4.79 Å². The molecule has 0 aliphatic heterocycles. The lowest BCUT2D eigenvalue weighted by molar-refractivity contribution is -0.136. The van der Waals surface area contributed by atoms with Crippen LogP contribution in [0.3, 0.4) is 0 Å². The SMILES string of the molecule is COc1cc(C#N)cc(CCC(=O)O)c1O. The number of aryl methyl sites for hydroxylation is 1. The summed E-state index contributed by atoms with van der Waals surface area (Å²) in [6.07, 6.45) is 0.0542. The number of carboxylic acids is 1. The van der Waals surface area contributed by atoms with Gasteiger partial charge in [-0.25, -0.2) is 0 Å². The highest BCUT2D eigenvalue weighted by Crippen LogP contribution is 2.31. The fraction of sp³-hybridized carbons (Fsp3) is 0.273. The Bertz CT molecular complexity index is 448. The number of phenolic OH excluding ortho intramolecular Hbond substituents is 1. The van der Waals surface area contributed by atoms with Crippen molar-refractivity contribution in [3.8, 4) is 17.6 Å². The largest absolute Gasteiger partial charge is 0.504 e. The molecule has 0 heterocycles. The summed E-state index contributed by atoms with van der Waals surface area (Å²) in [6.45, 7) is 0. The van der Waals surface area contributed by atoms with Gasteiger partial charge in [0.1, 0.15) is 0 Å². The van der Waals surface area contributed by atoms with Crippen LogP contribution < -0.4 is 4.74 Å². The lowest BCUT2D eigenvalue weighted by atomic mass is 10.0. The zero-order chi connectivity index (χ0) is 12.1. The molecule has 0 spiro atoms. The summed E-state index contributed by atoms with van der Waals surface area (Å²) >= 11 is 0. The summed E-state index contributed by atoms with van der Waals surface area (Å²) in [6, 6.07) is 4.78. The van der Waals surface area contributed by atoms with Gasteiger partial charge in [0, 0.05) is 12.5 Å². The second kappa shape index (κ2) is 5.03. The van der Waals surface area contributed by atoms with Gasteiger partial charge in [-0.15, -0.1) is 0 Å². The van der Waals surface area contributed by atoms with Crippen LogP contribution >= 0.6 is 0 Å². The van der Waals surface area contributed by atoms with Crippen molar-refractivity contribution in [3.63, 3.8) is 0 Å². The van der Waals surface area contributed by atoms with E-state index in [9.17, 15) is 9.90 Å². The summed E-state index contributed by atoms with van der Waals surface area (Å²) in [5.74, 6) is -0.886. The molecule has 0 aliphatic rings. The number of rotatable bonds is 4. The monoisotopic (exact) mass is 221 g/mol. The Hall–Kier alpha value is -2.22. The Morgan fingerprint density at radius 1 is 1.56 bits per heavy atom. The Morgan fingerprint density at radius 2 is 2.25 bits per heavy atom.